The number of aromatic nitrogens is 6. The molecule has 0 saturated carbocycles. The molecule has 0 unspecified atom stereocenters. The van der Waals surface area contributed by atoms with Gasteiger partial charge in [-0.15, -0.1) is 5.10 Å². The number of benzene rings is 3. The topological polar surface area (TPSA) is 254 Å². The molecule has 0 aliphatic heterocycles. The Morgan fingerprint density at radius 1 is 0.620 bits per heavy atom. The van der Waals surface area contributed by atoms with Gasteiger partial charge in [0.2, 0.25) is 5.88 Å². The van der Waals surface area contributed by atoms with E-state index in [0.717, 1.165) is 22.5 Å². The van der Waals surface area contributed by atoms with Crippen molar-refractivity contribution in [1.82, 2.24) is 30.2 Å². The number of nitrogens with zero attached hydrogens (tertiary/aromatic N) is 5. The Morgan fingerprint density at radius 3 is 1.38 bits per heavy atom. The molecule has 0 radical (unpaired) electrons. The van der Waals surface area contributed by atoms with Crippen LogP contribution in [0, 0.1) is 51.1 Å². The molecule has 0 aliphatic carbocycles. The van der Waals surface area contributed by atoms with Crippen molar-refractivity contribution in [2.45, 2.75) is 20.8 Å². The second-order valence-electron chi connectivity index (χ2n) is 10.7. The van der Waals surface area contributed by atoms with Crippen LogP contribution in [-0.4, -0.2) is 52.1 Å². The van der Waals surface area contributed by atoms with Gasteiger partial charge in [0.25, 0.3) is 28.2 Å². The van der Waals surface area contributed by atoms with Gasteiger partial charge < -0.3 is 9.84 Å². The molecule has 0 fully saturated rings. The third kappa shape index (κ3) is 7.88. The number of aryl methyl sites for hydroxylation is 4. The fraction of sp³-hybridized carbons (Fsp3) is 0.156. The van der Waals surface area contributed by atoms with Gasteiger partial charge in [-0.25, -0.2) is 0 Å². The van der Waals surface area contributed by atoms with Crippen LogP contribution in [-0.2, 0) is 7.05 Å². The molecule has 0 aliphatic rings. The highest BCUT2D eigenvalue weighted by molar-refractivity contribution is 5.72. The zero-order valence-corrected chi connectivity index (χ0v) is 27.3. The summed E-state index contributed by atoms with van der Waals surface area (Å²) in [5.74, 6) is 0.483. The highest BCUT2D eigenvalue weighted by Gasteiger charge is 2.15. The smallest absolute Gasteiger partial charge is 0.274 e. The largest absolute Gasteiger partial charge is 0.479 e. The fourth-order valence-corrected chi connectivity index (χ4v) is 4.96. The second-order valence-corrected chi connectivity index (χ2v) is 10.7. The van der Waals surface area contributed by atoms with E-state index in [0.29, 0.717) is 33.8 Å². The van der Waals surface area contributed by atoms with E-state index in [9.17, 15) is 39.9 Å². The Bertz CT molecular complexity index is 2260. The van der Waals surface area contributed by atoms with Gasteiger partial charge in [0.05, 0.1) is 38.6 Å². The maximum Gasteiger partial charge on any atom is 0.274 e. The van der Waals surface area contributed by atoms with Crippen molar-refractivity contribution >= 4 is 17.1 Å². The normalized spacial score (nSPS) is 10.3. The number of nitrogens with one attached hydrogen (secondary N) is 4. The van der Waals surface area contributed by atoms with Crippen LogP contribution in [0.2, 0.25) is 0 Å². The van der Waals surface area contributed by atoms with Crippen LogP contribution in [0.5, 0.6) is 5.88 Å². The van der Waals surface area contributed by atoms with Crippen LogP contribution in [0.15, 0.2) is 82.4 Å². The SMILES string of the molecule is COc1n[nH]c(C)c1-c1ccc([N+](=O)[O-])cc1.Cc1[nH][nH]c(=O)c1-c1ccc([N+](=O)[O-])cc1.Cc1[nH]n(C)c(=O)c1-c1ccc([N+](=O)[O-])cc1. The number of H-pyrrole nitrogens is 4. The first-order valence-electron chi connectivity index (χ1n) is 14.6. The Kier molecular flexibility index (Phi) is 10.9. The van der Waals surface area contributed by atoms with Gasteiger partial charge in [-0.1, -0.05) is 0 Å². The Labute approximate surface area is 281 Å². The summed E-state index contributed by atoms with van der Waals surface area (Å²) >= 11 is 0. The highest BCUT2D eigenvalue weighted by atomic mass is 16.6. The maximum absolute atomic E-state index is 11.8. The molecule has 3 aromatic heterocycles. The minimum atomic E-state index is -0.474. The van der Waals surface area contributed by atoms with Crippen LogP contribution in [0.3, 0.4) is 0 Å². The second kappa shape index (κ2) is 15.2. The van der Waals surface area contributed by atoms with Crippen molar-refractivity contribution < 1.29 is 19.5 Å². The zero-order chi connectivity index (χ0) is 36.7. The summed E-state index contributed by atoms with van der Waals surface area (Å²) in [5.41, 5.74) is 6.06. The summed E-state index contributed by atoms with van der Waals surface area (Å²) in [6, 6.07) is 18.1. The number of aromatic amines is 4. The number of hydrogen-bond acceptors (Lipinski definition) is 10. The molecule has 0 spiro atoms. The molecule has 18 nitrogen and oxygen atoms in total. The number of methoxy groups -OCH3 is 1. The summed E-state index contributed by atoms with van der Waals surface area (Å²) in [6.07, 6.45) is 0. The minimum absolute atomic E-state index is 0.00775. The van der Waals surface area contributed by atoms with E-state index >= 15 is 0 Å². The number of rotatable bonds is 7. The van der Waals surface area contributed by atoms with Gasteiger partial charge in [0.15, 0.2) is 0 Å². The van der Waals surface area contributed by atoms with Crippen molar-refractivity contribution in [2.24, 2.45) is 7.05 Å². The summed E-state index contributed by atoms with van der Waals surface area (Å²) < 4.78 is 6.50. The standard InChI is InChI=1S/2C11H11N3O3.C10H9N3O3/c1-7-10(11(17-2)13-12-7)8-3-5-9(6-4-8)14(15)16;1-7-10(11(15)13(2)12-7)8-3-5-9(6-4-8)14(16)17;1-6-9(10(14)12-11-6)7-2-4-8(5-3-7)13(15)16/h3-6H,1-2H3,(H,12,13);3-6,12H,1-2H3;2-5H,1H3,(H2,11,12,14). The van der Waals surface area contributed by atoms with E-state index in [-0.39, 0.29) is 28.2 Å². The van der Waals surface area contributed by atoms with Crippen molar-refractivity contribution in [3.63, 3.8) is 0 Å². The summed E-state index contributed by atoms with van der Waals surface area (Å²) in [5, 5.41) is 46.4. The Balaban J connectivity index is 0.000000169. The van der Waals surface area contributed by atoms with Crippen LogP contribution in [0.4, 0.5) is 17.1 Å². The molecule has 0 saturated heterocycles. The van der Waals surface area contributed by atoms with Crippen molar-refractivity contribution in [1.29, 1.82) is 0 Å². The first-order valence-corrected chi connectivity index (χ1v) is 14.6. The molecule has 0 bridgehead atoms. The number of nitro benzene ring substituents is 3. The molecule has 3 heterocycles. The Hall–Kier alpha value is -7.11. The average molecular weight is 686 g/mol. The van der Waals surface area contributed by atoms with Gasteiger partial charge in [0, 0.05) is 60.5 Å². The van der Waals surface area contributed by atoms with Crippen LogP contribution in [0.1, 0.15) is 17.1 Å². The Morgan fingerprint density at radius 2 is 1.04 bits per heavy atom. The van der Waals surface area contributed by atoms with E-state index in [1.165, 1.54) is 48.2 Å². The number of non-ortho nitro benzene ring substituents is 3. The van der Waals surface area contributed by atoms with Crippen molar-refractivity contribution in [3.05, 3.63) is 141 Å². The first-order chi connectivity index (χ1) is 23.7. The van der Waals surface area contributed by atoms with E-state index in [4.69, 9.17) is 4.74 Å². The lowest BCUT2D eigenvalue weighted by atomic mass is 10.1. The van der Waals surface area contributed by atoms with Gasteiger partial charge in [0.1, 0.15) is 0 Å². The van der Waals surface area contributed by atoms with Gasteiger partial charge in [-0.05, 0) is 73.9 Å². The van der Waals surface area contributed by atoms with Crippen LogP contribution < -0.4 is 15.9 Å². The minimum Gasteiger partial charge on any atom is -0.479 e. The summed E-state index contributed by atoms with van der Waals surface area (Å²) in [7, 11) is 3.16. The molecule has 4 N–H and O–H groups in total. The third-order valence-electron chi connectivity index (χ3n) is 7.40. The zero-order valence-electron chi connectivity index (χ0n) is 27.3. The van der Waals surface area contributed by atoms with E-state index in [1.54, 1.807) is 57.3 Å². The summed E-state index contributed by atoms with van der Waals surface area (Å²) in [4.78, 5) is 53.4. The van der Waals surface area contributed by atoms with Gasteiger partial charge in [-0.3, -0.25) is 59.9 Å². The first kappa shape index (κ1) is 35.7. The number of hydrogen-bond donors (Lipinski definition) is 4. The molecule has 6 rings (SSSR count). The maximum atomic E-state index is 11.8. The van der Waals surface area contributed by atoms with E-state index < -0.39 is 14.8 Å². The van der Waals surface area contributed by atoms with E-state index in [2.05, 4.69) is 25.5 Å². The monoisotopic (exact) mass is 685 g/mol. The molecule has 6 aromatic rings. The van der Waals surface area contributed by atoms with Crippen LogP contribution >= 0.6 is 0 Å². The van der Waals surface area contributed by atoms with Crippen LogP contribution in [0.25, 0.3) is 33.4 Å². The van der Waals surface area contributed by atoms with E-state index in [1.807, 2.05) is 6.92 Å². The summed E-state index contributed by atoms with van der Waals surface area (Å²) in [6.45, 7) is 5.42. The molecule has 18 heteroatoms. The molecule has 0 atom stereocenters. The van der Waals surface area contributed by atoms with Crippen molar-refractivity contribution in [3.8, 4) is 39.3 Å². The lowest BCUT2D eigenvalue weighted by Gasteiger charge is -2.02. The lowest BCUT2D eigenvalue weighted by Crippen LogP contribution is -2.13. The third-order valence-corrected chi connectivity index (χ3v) is 7.40. The average Bonchev–Trinajstić information content (AvgIpc) is 3.73. The predicted octanol–water partition coefficient (Wildman–Crippen LogP) is 5.49. The molecule has 0 amide bonds. The quantitative estimate of drug-likeness (QED) is 0.121. The van der Waals surface area contributed by atoms with Crippen molar-refractivity contribution in [2.75, 3.05) is 7.11 Å². The number of ether oxygens (including phenoxy) is 1. The molecule has 50 heavy (non-hydrogen) atoms. The lowest BCUT2D eigenvalue weighted by molar-refractivity contribution is -0.385. The van der Waals surface area contributed by atoms with Gasteiger partial charge >= 0.3 is 0 Å². The molecule has 258 valence electrons. The fourth-order valence-electron chi connectivity index (χ4n) is 4.96. The molecule has 3 aromatic carbocycles. The molecular weight excluding hydrogens is 654 g/mol. The highest BCUT2D eigenvalue weighted by Crippen LogP contribution is 2.32. The molecular formula is C32H31N9O9. The predicted molar refractivity (Wildman–Crippen MR) is 183 cm³/mol. The van der Waals surface area contributed by atoms with Gasteiger partial charge in [-0.2, -0.15) is 0 Å². The number of nitro groups is 3.